The number of imidazole rings is 1. The van der Waals surface area contributed by atoms with Crippen LogP contribution in [0.25, 0.3) is 27.7 Å². The predicted octanol–water partition coefficient (Wildman–Crippen LogP) is 2.94. The number of nitrogens with one attached hydrogen (secondary N) is 1. The maximum absolute atomic E-state index is 15.2. The third-order valence-electron chi connectivity index (χ3n) is 6.44. The van der Waals surface area contributed by atoms with E-state index < -0.39 is 55.6 Å². The van der Waals surface area contributed by atoms with Crippen LogP contribution in [0.15, 0.2) is 24.7 Å². The molecule has 5 rings (SSSR count). The summed E-state index contributed by atoms with van der Waals surface area (Å²) in [6.07, 6.45) is -0.965. The molecule has 208 valence electrons. The Hall–Kier alpha value is -4.08. The van der Waals surface area contributed by atoms with Crippen molar-refractivity contribution in [2.24, 2.45) is 0 Å². The van der Waals surface area contributed by atoms with Crippen LogP contribution < -0.4 is 10.1 Å². The van der Waals surface area contributed by atoms with Crippen LogP contribution in [0.1, 0.15) is 6.42 Å². The van der Waals surface area contributed by atoms with Crippen LogP contribution in [0.3, 0.4) is 0 Å². The van der Waals surface area contributed by atoms with E-state index in [0.717, 1.165) is 32.6 Å². The number of fused-ring (bicyclic) bond motifs is 2. The molecular formula is C23H21F6N7O3. The lowest BCUT2D eigenvalue weighted by atomic mass is 10.0. The average molecular weight is 557 g/mol. The largest absolute Gasteiger partial charge is 0.479 e. The molecule has 0 radical (unpaired) electrons. The molecule has 0 saturated carbocycles. The number of amides is 1. The molecule has 1 aromatic carbocycles. The number of ether oxygens (including phenoxy) is 1. The molecular weight excluding hydrogens is 536 g/mol. The molecule has 10 nitrogen and oxygen atoms in total. The number of hydrogen-bond acceptors (Lipinski definition) is 7. The molecule has 16 heteroatoms. The van der Waals surface area contributed by atoms with Gasteiger partial charge in [0.15, 0.2) is 11.6 Å². The number of nitrogens with zero attached hydrogens (tertiary/aromatic N) is 6. The minimum absolute atomic E-state index is 0.00970. The number of anilines is 1. The highest BCUT2D eigenvalue weighted by atomic mass is 19.3. The van der Waals surface area contributed by atoms with E-state index in [1.54, 1.807) is 0 Å². The standard InChI is InChI=1S/C23H21F6N7O3/c1-39-21-20-18(11-4-12(24)19-14(5-11)35(10-30-19)7-16(26)27)13(25)6-36(20)33-22(32-21)31-15-2-3-34(17(38)8-37)9-23(15,28)29/h4-6,10,15-16,37H,2-3,7-9H2,1H3,(H,31,33)/t15-/m1/s1. The molecule has 2 N–H and O–H groups in total. The topological polar surface area (TPSA) is 110 Å². The van der Waals surface area contributed by atoms with E-state index in [0.29, 0.717) is 0 Å². The first-order valence-electron chi connectivity index (χ1n) is 11.6. The Morgan fingerprint density at radius 3 is 2.72 bits per heavy atom. The Morgan fingerprint density at radius 1 is 1.28 bits per heavy atom. The van der Waals surface area contributed by atoms with Gasteiger partial charge in [-0.25, -0.2) is 35.8 Å². The van der Waals surface area contributed by atoms with Crippen molar-refractivity contribution >= 4 is 28.4 Å². The fourth-order valence-corrected chi connectivity index (χ4v) is 4.65. The molecule has 1 aliphatic heterocycles. The summed E-state index contributed by atoms with van der Waals surface area (Å²) in [6, 6.07) is 0.780. The minimum atomic E-state index is -3.41. The lowest BCUT2D eigenvalue weighted by Gasteiger charge is -2.38. The SMILES string of the molecule is COc1nc(N[C@@H]2CCN(C(=O)CO)CC2(F)F)nn2cc(F)c(-c3cc(F)c4ncn(CC(F)F)c4c3)c12. The fourth-order valence-electron chi connectivity index (χ4n) is 4.65. The molecule has 0 aliphatic carbocycles. The van der Waals surface area contributed by atoms with Gasteiger partial charge in [-0.15, -0.1) is 5.10 Å². The number of piperidine rings is 1. The summed E-state index contributed by atoms with van der Waals surface area (Å²) in [6.45, 7) is -2.62. The quantitative estimate of drug-likeness (QED) is 0.337. The number of likely N-dealkylation sites (tertiary alicyclic amines) is 1. The van der Waals surface area contributed by atoms with E-state index in [2.05, 4.69) is 20.4 Å². The number of hydrogen-bond donors (Lipinski definition) is 2. The maximum atomic E-state index is 15.2. The second-order valence-corrected chi connectivity index (χ2v) is 8.92. The van der Waals surface area contributed by atoms with Crippen molar-refractivity contribution in [3.8, 4) is 17.0 Å². The molecule has 39 heavy (non-hydrogen) atoms. The molecule has 1 amide bonds. The monoisotopic (exact) mass is 557 g/mol. The van der Waals surface area contributed by atoms with Gasteiger partial charge in [-0.2, -0.15) is 4.98 Å². The van der Waals surface area contributed by atoms with E-state index in [1.807, 2.05) is 0 Å². The second kappa shape index (κ2) is 9.91. The Bertz CT molecular complexity index is 1560. The highest BCUT2D eigenvalue weighted by Crippen LogP contribution is 2.37. The second-order valence-electron chi connectivity index (χ2n) is 8.92. The molecule has 1 saturated heterocycles. The molecule has 0 bridgehead atoms. The van der Waals surface area contributed by atoms with Crippen LogP contribution in [0, 0.1) is 11.6 Å². The number of carbonyl (C=O) groups excluding carboxylic acids is 1. The van der Waals surface area contributed by atoms with Crippen molar-refractivity contribution in [1.82, 2.24) is 29.0 Å². The Labute approximate surface area is 215 Å². The van der Waals surface area contributed by atoms with E-state index in [4.69, 9.17) is 9.84 Å². The number of methoxy groups -OCH3 is 1. The van der Waals surface area contributed by atoms with Crippen molar-refractivity contribution in [2.75, 3.05) is 32.1 Å². The van der Waals surface area contributed by atoms with Gasteiger partial charge in [-0.1, -0.05) is 0 Å². The smallest absolute Gasteiger partial charge is 0.285 e. The number of aliphatic hydroxyl groups is 1. The zero-order valence-corrected chi connectivity index (χ0v) is 20.2. The maximum Gasteiger partial charge on any atom is 0.285 e. The fraction of sp³-hybridized carbons (Fsp3) is 0.391. The highest BCUT2D eigenvalue weighted by molar-refractivity contribution is 5.90. The average Bonchev–Trinajstić information content (AvgIpc) is 3.43. The molecule has 1 fully saturated rings. The van der Waals surface area contributed by atoms with Gasteiger partial charge in [-0.05, 0) is 24.1 Å². The summed E-state index contributed by atoms with van der Waals surface area (Å²) in [5.74, 6) is -6.56. The molecule has 0 spiro atoms. The third-order valence-corrected chi connectivity index (χ3v) is 6.44. The van der Waals surface area contributed by atoms with Crippen LogP contribution in [0.5, 0.6) is 5.88 Å². The van der Waals surface area contributed by atoms with Gasteiger partial charge in [0.05, 0.1) is 49.8 Å². The summed E-state index contributed by atoms with van der Waals surface area (Å²) >= 11 is 0. The van der Waals surface area contributed by atoms with Crippen molar-refractivity contribution in [3.63, 3.8) is 0 Å². The van der Waals surface area contributed by atoms with Crippen LogP contribution in [0.4, 0.5) is 32.3 Å². The molecule has 1 aliphatic rings. The van der Waals surface area contributed by atoms with Crippen LogP contribution in [-0.4, -0.2) is 85.3 Å². The Balaban J connectivity index is 1.53. The Kier molecular flexibility index (Phi) is 6.74. The van der Waals surface area contributed by atoms with Gasteiger partial charge >= 0.3 is 0 Å². The number of aromatic nitrogens is 5. The van der Waals surface area contributed by atoms with Gasteiger partial charge in [-0.3, -0.25) is 4.79 Å². The number of carbonyl (C=O) groups is 1. The van der Waals surface area contributed by atoms with Gasteiger partial charge in [0.2, 0.25) is 17.7 Å². The van der Waals surface area contributed by atoms with Crippen molar-refractivity contribution in [2.45, 2.75) is 31.4 Å². The summed E-state index contributed by atoms with van der Waals surface area (Å²) in [7, 11) is 1.20. The summed E-state index contributed by atoms with van der Waals surface area (Å²) in [5.41, 5.74) is -0.466. The molecule has 4 aromatic rings. The molecule has 4 heterocycles. The van der Waals surface area contributed by atoms with E-state index in [-0.39, 0.29) is 52.5 Å². The number of benzene rings is 1. The van der Waals surface area contributed by atoms with Crippen LogP contribution in [-0.2, 0) is 11.3 Å². The van der Waals surface area contributed by atoms with Gasteiger partial charge in [0.25, 0.3) is 12.3 Å². The minimum Gasteiger partial charge on any atom is -0.479 e. The molecule has 0 unspecified atom stereocenters. The van der Waals surface area contributed by atoms with Crippen LogP contribution in [0.2, 0.25) is 0 Å². The number of halogens is 6. The molecule has 1 atom stereocenters. The number of aliphatic hydroxyl groups excluding tert-OH is 1. The van der Waals surface area contributed by atoms with Crippen LogP contribution >= 0.6 is 0 Å². The van der Waals surface area contributed by atoms with Crippen molar-refractivity contribution in [1.29, 1.82) is 0 Å². The first-order valence-corrected chi connectivity index (χ1v) is 11.6. The van der Waals surface area contributed by atoms with Gasteiger partial charge < -0.3 is 24.6 Å². The normalized spacial score (nSPS) is 17.4. The Morgan fingerprint density at radius 2 is 2.05 bits per heavy atom. The lowest BCUT2D eigenvalue weighted by Crippen LogP contribution is -2.56. The predicted molar refractivity (Wildman–Crippen MR) is 125 cm³/mol. The first-order chi connectivity index (χ1) is 18.5. The third kappa shape index (κ3) is 4.79. The van der Waals surface area contributed by atoms with Crippen molar-refractivity contribution < 1.29 is 41.0 Å². The number of alkyl halides is 4. The lowest BCUT2D eigenvalue weighted by molar-refractivity contribution is -0.145. The molecule has 3 aromatic heterocycles. The number of rotatable bonds is 7. The summed E-state index contributed by atoms with van der Waals surface area (Å²) in [5, 5.41) is 15.5. The summed E-state index contributed by atoms with van der Waals surface area (Å²) < 4.78 is 92.8. The van der Waals surface area contributed by atoms with E-state index in [9.17, 15) is 26.7 Å². The van der Waals surface area contributed by atoms with Crippen molar-refractivity contribution in [3.05, 3.63) is 36.3 Å². The zero-order valence-electron chi connectivity index (χ0n) is 20.2. The van der Waals surface area contributed by atoms with Gasteiger partial charge in [0.1, 0.15) is 17.6 Å². The zero-order chi connectivity index (χ0) is 28.1. The van der Waals surface area contributed by atoms with E-state index in [1.165, 1.54) is 13.2 Å². The van der Waals surface area contributed by atoms with Gasteiger partial charge in [0, 0.05) is 6.54 Å². The summed E-state index contributed by atoms with van der Waals surface area (Å²) in [4.78, 5) is 20.4. The highest BCUT2D eigenvalue weighted by Gasteiger charge is 2.46. The first kappa shape index (κ1) is 26.5. The van der Waals surface area contributed by atoms with E-state index >= 15 is 4.39 Å².